The van der Waals surface area contributed by atoms with Crippen molar-refractivity contribution in [1.29, 1.82) is 0 Å². The first-order valence-corrected chi connectivity index (χ1v) is 10.1. The molecular weight excluding hydrogens is 382 g/mol. The highest BCUT2D eigenvalue weighted by atomic mass is 32.2. The van der Waals surface area contributed by atoms with Crippen LogP contribution in [-0.4, -0.2) is 76.9 Å². The molecule has 0 unspecified atom stereocenters. The van der Waals surface area contributed by atoms with Crippen LogP contribution in [0.15, 0.2) is 35.5 Å². The van der Waals surface area contributed by atoms with E-state index >= 15 is 0 Å². The Morgan fingerprint density at radius 2 is 1.86 bits per heavy atom. The maximum Gasteiger partial charge on any atom is 0.416 e. The molecule has 148 valence electrons. The van der Waals surface area contributed by atoms with Gasteiger partial charge in [-0.15, -0.1) is 10.2 Å². The number of aromatic nitrogens is 3. The number of rotatable bonds is 6. The molecule has 0 aliphatic carbocycles. The standard InChI is InChI=1S/C18H21N5O4S/c24-15(22-8-11-27-18(22)25)13-28-17-20-19-16(21-6-9-26-10-7-21)23(17)12-14-4-2-1-3-5-14/h1-5H,6-13H2. The van der Waals surface area contributed by atoms with Gasteiger partial charge >= 0.3 is 6.09 Å². The van der Waals surface area contributed by atoms with E-state index in [9.17, 15) is 9.59 Å². The minimum atomic E-state index is -0.578. The van der Waals surface area contributed by atoms with Gasteiger partial charge in [0.2, 0.25) is 11.9 Å². The maximum absolute atomic E-state index is 12.3. The van der Waals surface area contributed by atoms with Gasteiger partial charge in [0.15, 0.2) is 5.16 Å². The van der Waals surface area contributed by atoms with E-state index in [0.29, 0.717) is 31.5 Å². The average molecular weight is 403 g/mol. The van der Waals surface area contributed by atoms with Gasteiger partial charge in [0, 0.05) is 13.1 Å². The van der Waals surface area contributed by atoms with Crippen molar-refractivity contribution in [2.45, 2.75) is 11.7 Å². The number of thioether (sulfide) groups is 1. The molecule has 10 heteroatoms. The van der Waals surface area contributed by atoms with Crippen molar-refractivity contribution in [3.63, 3.8) is 0 Å². The number of benzene rings is 1. The lowest BCUT2D eigenvalue weighted by Crippen LogP contribution is -2.38. The van der Waals surface area contributed by atoms with Crippen molar-refractivity contribution in [3.8, 4) is 0 Å². The lowest BCUT2D eigenvalue weighted by atomic mass is 10.2. The second kappa shape index (κ2) is 8.61. The molecule has 9 nitrogen and oxygen atoms in total. The molecule has 0 spiro atoms. The van der Waals surface area contributed by atoms with Crippen LogP contribution in [0.4, 0.5) is 10.7 Å². The largest absolute Gasteiger partial charge is 0.447 e. The molecule has 0 atom stereocenters. The molecule has 28 heavy (non-hydrogen) atoms. The molecule has 0 radical (unpaired) electrons. The van der Waals surface area contributed by atoms with E-state index in [1.165, 1.54) is 11.8 Å². The van der Waals surface area contributed by atoms with Crippen LogP contribution in [0.2, 0.25) is 0 Å². The first-order valence-electron chi connectivity index (χ1n) is 9.12. The minimum Gasteiger partial charge on any atom is -0.447 e. The van der Waals surface area contributed by atoms with E-state index in [-0.39, 0.29) is 18.3 Å². The van der Waals surface area contributed by atoms with E-state index in [0.717, 1.165) is 29.5 Å². The van der Waals surface area contributed by atoms with Gasteiger partial charge < -0.3 is 14.4 Å². The summed E-state index contributed by atoms with van der Waals surface area (Å²) in [7, 11) is 0. The molecule has 1 aromatic heterocycles. The van der Waals surface area contributed by atoms with Crippen molar-refractivity contribution in [3.05, 3.63) is 35.9 Å². The van der Waals surface area contributed by atoms with Gasteiger partial charge in [-0.2, -0.15) is 0 Å². The Labute approximate surface area is 166 Å². The zero-order chi connectivity index (χ0) is 19.3. The fourth-order valence-electron chi connectivity index (χ4n) is 3.11. The number of hydrogen-bond acceptors (Lipinski definition) is 8. The molecule has 3 heterocycles. The first kappa shape index (κ1) is 18.8. The summed E-state index contributed by atoms with van der Waals surface area (Å²) >= 11 is 1.28. The van der Waals surface area contributed by atoms with E-state index in [1.54, 1.807) is 0 Å². The number of cyclic esters (lactones) is 1. The number of hydrogen-bond donors (Lipinski definition) is 0. The van der Waals surface area contributed by atoms with Crippen molar-refractivity contribution >= 4 is 29.7 Å². The molecule has 2 fully saturated rings. The fourth-order valence-corrected chi connectivity index (χ4v) is 3.92. The highest BCUT2D eigenvalue weighted by Crippen LogP contribution is 2.25. The summed E-state index contributed by atoms with van der Waals surface area (Å²) in [6, 6.07) is 10.0. The molecule has 4 rings (SSSR count). The number of carbonyl (C=O) groups is 2. The van der Waals surface area contributed by atoms with E-state index < -0.39 is 6.09 Å². The predicted molar refractivity (Wildman–Crippen MR) is 102 cm³/mol. The molecule has 0 bridgehead atoms. The number of carbonyl (C=O) groups excluding carboxylic acids is 2. The van der Waals surface area contributed by atoms with Gasteiger partial charge in [-0.05, 0) is 5.56 Å². The Kier molecular flexibility index (Phi) is 5.77. The lowest BCUT2D eigenvalue weighted by Gasteiger charge is -2.28. The molecule has 2 amide bonds. The minimum absolute atomic E-state index is 0.102. The molecule has 2 aromatic rings. The van der Waals surface area contributed by atoms with Crippen LogP contribution in [0.25, 0.3) is 0 Å². The van der Waals surface area contributed by atoms with Crippen molar-refractivity contribution in [1.82, 2.24) is 19.7 Å². The maximum atomic E-state index is 12.3. The Morgan fingerprint density at radius 3 is 2.57 bits per heavy atom. The molecule has 2 aliphatic heterocycles. The van der Waals surface area contributed by atoms with Gasteiger partial charge in [0.25, 0.3) is 0 Å². The van der Waals surface area contributed by atoms with Gasteiger partial charge in [0.1, 0.15) is 6.61 Å². The predicted octanol–water partition coefficient (Wildman–Crippen LogP) is 1.23. The smallest absolute Gasteiger partial charge is 0.416 e. The zero-order valence-corrected chi connectivity index (χ0v) is 16.1. The summed E-state index contributed by atoms with van der Waals surface area (Å²) in [5, 5.41) is 9.33. The van der Waals surface area contributed by atoms with Gasteiger partial charge in [0.05, 0.1) is 32.1 Å². The summed E-state index contributed by atoms with van der Waals surface area (Å²) < 4.78 is 12.3. The SMILES string of the molecule is O=C(CSc1nnc(N2CCOCC2)n1Cc1ccccc1)N1CCOC1=O. The van der Waals surface area contributed by atoms with Crippen molar-refractivity contribution in [2.75, 3.05) is 50.1 Å². The number of morpholine rings is 1. The molecule has 2 saturated heterocycles. The van der Waals surface area contributed by atoms with E-state index in [1.807, 2.05) is 34.9 Å². The van der Waals surface area contributed by atoms with Gasteiger partial charge in [-0.3, -0.25) is 9.36 Å². The lowest BCUT2D eigenvalue weighted by molar-refractivity contribution is -0.125. The summed E-state index contributed by atoms with van der Waals surface area (Å²) in [5.41, 5.74) is 1.12. The highest BCUT2D eigenvalue weighted by molar-refractivity contribution is 7.99. The summed E-state index contributed by atoms with van der Waals surface area (Å²) in [6.45, 7) is 3.94. The fraction of sp³-hybridized carbons (Fsp3) is 0.444. The van der Waals surface area contributed by atoms with Crippen LogP contribution in [0.5, 0.6) is 0 Å². The molecule has 0 saturated carbocycles. The summed E-state index contributed by atoms with van der Waals surface area (Å²) in [4.78, 5) is 27.2. The van der Waals surface area contributed by atoms with Crippen molar-refractivity contribution in [2.24, 2.45) is 0 Å². The number of amides is 2. The van der Waals surface area contributed by atoms with Gasteiger partial charge in [-0.25, -0.2) is 9.69 Å². The van der Waals surface area contributed by atoms with Crippen LogP contribution >= 0.6 is 11.8 Å². The van der Waals surface area contributed by atoms with E-state index in [2.05, 4.69) is 15.1 Å². The number of ether oxygens (including phenoxy) is 2. The number of imide groups is 1. The highest BCUT2D eigenvalue weighted by Gasteiger charge is 2.29. The molecule has 2 aliphatic rings. The Hall–Kier alpha value is -2.59. The number of anilines is 1. The van der Waals surface area contributed by atoms with Crippen LogP contribution in [0.3, 0.4) is 0 Å². The Morgan fingerprint density at radius 1 is 1.07 bits per heavy atom. The normalized spacial score (nSPS) is 17.1. The summed E-state index contributed by atoms with van der Waals surface area (Å²) in [5.74, 6) is 0.586. The first-order chi connectivity index (χ1) is 13.7. The number of nitrogens with zero attached hydrogens (tertiary/aromatic N) is 5. The van der Waals surface area contributed by atoms with Crippen LogP contribution < -0.4 is 4.90 Å². The molecular formula is C18H21N5O4S. The zero-order valence-electron chi connectivity index (χ0n) is 15.3. The van der Waals surface area contributed by atoms with Crippen LogP contribution in [0.1, 0.15) is 5.56 Å². The van der Waals surface area contributed by atoms with Crippen molar-refractivity contribution < 1.29 is 19.1 Å². The Balaban J connectivity index is 1.53. The van der Waals surface area contributed by atoms with E-state index in [4.69, 9.17) is 9.47 Å². The van der Waals surface area contributed by atoms with Crippen LogP contribution in [0, 0.1) is 0 Å². The average Bonchev–Trinajstić information content (AvgIpc) is 3.34. The topological polar surface area (TPSA) is 89.8 Å². The van der Waals surface area contributed by atoms with Gasteiger partial charge in [-0.1, -0.05) is 42.1 Å². The second-order valence-electron chi connectivity index (χ2n) is 6.40. The monoisotopic (exact) mass is 403 g/mol. The molecule has 0 N–H and O–H groups in total. The second-order valence-corrected chi connectivity index (χ2v) is 7.34. The quantitative estimate of drug-likeness (QED) is 0.666. The molecule has 1 aromatic carbocycles. The third-order valence-electron chi connectivity index (χ3n) is 4.56. The summed E-state index contributed by atoms with van der Waals surface area (Å²) in [6.07, 6.45) is -0.578. The van der Waals surface area contributed by atoms with Crippen LogP contribution in [-0.2, 0) is 20.8 Å². The Bertz CT molecular complexity index is 838. The third kappa shape index (κ3) is 4.12. The third-order valence-corrected chi connectivity index (χ3v) is 5.51.